The topological polar surface area (TPSA) is 104 Å². The summed E-state index contributed by atoms with van der Waals surface area (Å²) in [4.78, 5) is 23.7. The number of hydrogen-bond donors (Lipinski definition) is 2. The van der Waals surface area contributed by atoms with E-state index in [1.807, 2.05) is 18.2 Å². The standard InChI is InChI=1S/C23H17ClN4O3/c24-19-7-1-18(2-8-19)15-31-21-11-5-17(6-12-21)14-26-28-23(30)22(29)27-20-9-3-16(13-25)4-10-20/h1-12,14H,15H2,(H,27,29)(H,28,30)/b26-14+. The number of amides is 2. The lowest BCUT2D eigenvalue weighted by Crippen LogP contribution is -2.32. The van der Waals surface area contributed by atoms with Gasteiger partial charge in [-0.15, -0.1) is 0 Å². The minimum atomic E-state index is -0.913. The molecule has 0 saturated heterocycles. The molecule has 0 radical (unpaired) electrons. The van der Waals surface area contributed by atoms with Crippen LogP contribution in [0.2, 0.25) is 5.02 Å². The molecule has 0 fully saturated rings. The van der Waals surface area contributed by atoms with Crippen LogP contribution in [0, 0.1) is 11.3 Å². The van der Waals surface area contributed by atoms with Gasteiger partial charge in [-0.1, -0.05) is 23.7 Å². The van der Waals surface area contributed by atoms with Gasteiger partial charge in [-0.25, -0.2) is 5.43 Å². The number of halogens is 1. The summed E-state index contributed by atoms with van der Waals surface area (Å²) in [6.07, 6.45) is 1.41. The first-order valence-corrected chi connectivity index (χ1v) is 9.53. The van der Waals surface area contributed by atoms with Crippen LogP contribution in [-0.2, 0) is 16.2 Å². The predicted octanol–water partition coefficient (Wildman–Crippen LogP) is 3.88. The fraction of sp³-hybridized carbons (Fsp3) is 0.0435. The predicted molar refractivity (Wildman–Crippen MR) is 118 cm³/mol. The Morgan fingerprint density at radius 3 is 2.29 bits per heavy atom. The number of carbonyl (C=O) groups excluding carboxylic acids is 2. The van der Waals surface area contributed by atoms with E-state index in [-0.39, 0.29) is 0 Å². The first-order chi connectivity index (χ1) is 15.0. The van der Waals surface area contributed by atoms with Crippen molar-refractivity contribution in [3.63, 3.8) is 0 Å². The van der Waals surface area contributed by atoms with Crippen molar-refractivity contribution in [1.82, 2.24) is 5.43 Å². The SMILES string of the molecule is N#Cc1ccc(NC(=O)C(=O)N/N=C/c2ccc(OCc3ccc(Cl)cc3)cc2)cc1. The molecule has 7 nitrogen and oxygen atoms in total. The molecular formula is C23H17ClN4O3. The van der Waals surface area contributed by atoms with Crippen molar-refractivity contribution < 1.29 is 14.3 Å². The molecule has 2 N–H and O–H groups in total. The van der Waals surface area contributed by atoms with Crippen molar-refractivity contribution >= 4 is 35.3 Å². The number of nitrogens with zero attached hydrogens (tertiary/aromatic N) is 2. The molecule has 8 heteroatoms. The van der Waals surface area contributed by atoms with Gasteiger partial charge >= 0.3 is 11.8 Å². The maximum atomic E-state index is 11.9. The maximum absolute atomic E-state index is 11.9. The number of ether oxygens (including phenoxy) is 1. The third-order valence-electron chi connectivity index (χ3n) is 4.06. The van der Waals surface area contributed by atoms with Gasteiger partial charge in [0.05, 0.1) is 17.8 Å². The second-order valence-electron chi connectivity index (χ2n) is 6.33. The summed E-state index contributed by atoms with van der Waals surface area (Å²) in [7, 11) is 0. The lowest BCUT2D eigenvalue weighted by atomic mass is 10.2. The van der Waals surface area contributed by atoms with Gasteiger partial charge in [-0.3, -0.25) is 9.59 Å². The maximum Gasteiger partial charge on any atom is 0.329 e. The van der Waals surface area contributed by atoms with Crippen LogP contribution in [0.3, 0.4) is 0 Å². The quantitative estimate of drug-likeness (QED) is 0.350. The third-order valence-corrected chi connectivity index (χ3v) is 4.31. The van der Waals surface area contributed by atoms with E-state index in [1.54, 1.807) is 36.4 Å². The van der Waals surface area contributed by atoms with Crippen LogP contribution < -0.4 is 15.5 Å². The van der Waals surface area contributed by atoms with Gasteiger partial charge in [-0.05, 0) is 71.8 Å². The first kappa shape index (κ1) is 21.6. The second-order valence-corrected chi connectivity index (χ2v) is 6.76. The molecule has 3 aromatic carbocycles. The van der Waals surface area contributed by atoms with Gasteiger partial charge < -0.3 is 10.1 Å². The van der Waals surface area contributed by atoms with Crippen molar-refractivity contribution in [2.24, 2.45) is 5.10 Å². The van der Waals surface area contributed by atoms with E-state index >= 15 is 0 Å². The van der Waals surface area contributed by atoms with Gasteiger partial charge in [0.25, 0.3) is 0 Å². The summed E-state index contributed by atoms with van der Waals surface area (Å²) in [5.74, 6) is -1.10. The lowest BCUT2D eigenvalue weighted by molar-refractivity contribution is -0.136. The Kier molecular flexibility index (Phi) is 7.35. The highest BCUT2D eigenvalue weighted by Crippen LogP contribution is 2.15. The molecule has 0 saturated carbocycles. The second kappa shape index (κ2) is 10.6. The highest BCUT2D eigenvalue weighted by atomic mass is 35.5. The van der Waals surface area contributed by atoms with Crippen molar-refractivity contribution in [3.05, 3.63) is 94.5 Å². The largest absolute Gasteiger partial charge is 0.489 e. The van der Waals surface area contributed by atoms with Gasteiger partial charge in [-0.2, -0.15) is 10.4 Å². The Bertz CT molecular complexity index is 1120. The van der Waals surface area contributed by atoms with Gasteiger partial charge in [0.2, 0.25) is 0 Å². The molecule has 0 bridgehead atoms. The molecule has 2 amide bonds. The minimum absolute atomic E-state index is 0.400. The summed E-state index contributed by atoms with van der Waals surface area (Å²) in [6, 6.07) is 22.6. The molecule has 0 unspecified atom stereocenters. The molecule has 31 heavy (non-hydrogen) atoms. The molecular weight excluding hydrogens is 416 g/mol. The summed E-state index contributed by atoms with van der Waals surface area (Å²) in [6.45, 7) is 0.412. The molecule has 0 aromatic heterocycles. The normalized spacial score (nSPS) is 10.3. The molecule has 154 valence electrons. The summed E-state index contributed by atoms with van der Waals surface area (Å²) in [5, 5.41) is 15.6. The number of rotatable bonds is 6. The smallest absolute Gasteiger partial charge is 0.329 e. The fourth-order valence-corrected chi connectivity index (χ4v) is 2.56. The number of anilines is 1. The monoisotopic (exact) mass is 432 g/mol. The van der Waals surface area contributed by atoms with Crippen LogP contribution >= 0.6 is 11.6 Å². The number of benzene rings is 3. The molecule has 0 aliphatic rings. The van der Waals surface area contributed by atoms with Crippen LogP contribution in [0.25, 0.3) is 0 Å². The molecule has 3 rings (SSSR count). The van der Waals surface area contributed by atoms with E-state index in [0.717, 1.165) is 5.56 Å². The Labute approximate surface area is 183 Å². The molecule has 3 aromatic rings. The molecule has 0 atom stereocenters. The summed E-state index contributed by atoms with van der Waals surface area (Å²) < 4.78 is 5.70. The number of hydrazone groups is 1. The molecule has 0 spiro atoms. The van der Waals surface area contributed by atoms with Gasteiger partial charge in [0, 0.05) is 10.7 Å². The van der Waals surface area contributed by atoms with Crippen LogP contribution in [0.5, 0.6) is 5.75 Å². The first-order valence-electron chi connectivity index (χ1n) is 9.15. The van der Waals surface area contributed by atoms with Crippen molar-refractivity contribution in [1.29, 1.82) is 5.26 Å². The zero-order valence-corrected chi connectivity index (χ0v) is 17.0. The highest BCUT2D eigenvalue weighted by Gasteiger charge is 2.12. The van der Waals surface area contributed by atoms with E-state index in [9.17, 15) is 9.59 Å². The Morgan fingerprint density at radius 1 is 0.968 bits per heavy atom. The van der Waals surface area contributed by atoms with E-state index in [4.69, 9.17) is 21.6 Å². The molecule has 0 aliphatic carbocycles. The minimum Gasteiger partial charge on any atom is -0.489 e. The zero-order valence-electron chi connectivity index (χ0n) is 16.2. The third kappa shape index (κ3) is 6.70. The van der Waals surface area contributed by atoms with Crippen LogP contribution in [0.4, 0.5) is 5.69 Å². The van der Waals surface area contributed by atoms with Crippen molar-refractivity contribution in [3.8, 4) is 11.8 Å². The highest BCUT2D eigenvalue weighted by molar-refractivity contribution is 6.39. The van der Waals surface area contributed by atoms with Gasteiger partial charge in [0.15, 0.2) is 0 Å². The van der Waals surface area contributed by atoms with E-state index in [0.29, 0.717) is 34.2 Å². The zero-order chi connectivity index (χ0) is 22.1. The molecule has 0 aliphatic heterocycles. The van der Waals surface area contributed by atoms with Crippen LogP contribution in [0.15, 0.2) is 77.9 Å². The van der Waals surface area contributed by atoms with E-state index in [1.165, 1.54) is 30.5 Å². The summed E-state index contributed by atoms with van der Waals surface area (Å²) in [5.41, 5.74) is 4.73. The molecule has 0 heterocycles. The van der Waals surface area contributed by atoms with Crippen molar-refractivity contribution in [2.45, 2.75) is 6.61 Å². The van der Waals surface area contributed by atoms with Crippen molar-refractivity contribution in [2.75, 3.05) is 5.32 Å². The number of hydrogen-bond acceptors (Lipinski definition) is 5. The Hall–Kier alpha value is -4.15. The number of nitriles is 1. The van der Waals surface area contributed by atoms with E-state index in [2.05, 4.69) is 15.8 Å². The lowest BCUT2D eigenvalue weighted by Gasteiger charge is -2.06. The Balaban J connectivity index is 1.46. The number of carbonyl (C=O) groups is 2. The van der Waals surface area contributed by atoms with Gasteiger partial charge in [0.1, 0.15) is 12.4 Å². The van der Waals surface area contributed by atoms with E-state index < -0.39 is 11.8 Å². The Morgan fingerprint density at radius 2 is 1.65 bits per heavy atom. The van der Waals surface area contributed by atoms with Crippen LogP contribution in [0.1, 0.15) is 16.7 Å². The number of nitrogens with one attached hydrogen (secondary N) is 2. The van der Waals surface area contributed by atoms with Crippen LogP contribution in [-0.4, -0.2) is 18.0 Å². The average Bonchev–Trinajstić information content (AvgIpc) is 2.80. The summed E-state index contributed by atoms with van der Waals surface area (Å²) >= 11 is 5.86. The average molecular weight is 433 g/mol. The fourth-order valence-electron chi connectivity index (χ4n) is 2.43.